The summed E-state index contributed by atoms with van der Waals surface area (Å²) in [5.41, 5.74) is 3.59. The monoisotopic (exact) mass is 405 g/mol. The Labute approximate surface area is 175 Å². The third-order valence-corrected chi connectivity index (χ3v) is 4.73. The van der Waals surface area contributed by atoms with Crippen molar-refractivity contribution in [1.82, 2.24) is 4.98 Å². The number of carbonyl (C=O) groups excluding carboxylic acids is 2. The van der Waals surface area contributed by atoms with E-state index in [1.54, 1.807) is 38.1 Å². The zero-order chi connectivity index (χ0) is 21.7. The molecule has 0 atom stereocenters. The summed E-state index contributed by atoms with van der Waals surface area (Å²) in [7, 11) is 2.59. The number of hydrogen-bond acceptors (Lipinski definition) is 6. The highest BCUT2D eigenvalue weighted by atomic mass is 16.5. The first-order valence-corrected chi connectivity index (χ1v) is 9.41. The molecule has 1 aromatic heterocycles. The molecule has 0 radical (unpaired) electrons. The van der Waals surface area contributed by atoms with Crippen molar-refractivity contribution in [2.45, 2.75) is 20.5 Å². The highest BCUT2D eigenvalue weighted by molar-refractivity contribution is 6.07. The molecule has 0 spiro atoms. The Hall–Kier alpha value is -3.67. The van der Waals surface area contributed by atoms with Crippen molar-refractivity contribution >= 4 is 11.9 Å². The topological polar surface area (TPSA) is 74.7 Å². The molecular formula is C24H23NO5. The maximum absolute atomic E-state index is 12.5. The zero-order valence-electron chi connectivity index (χ0n) is 17.4. The minimum atomic E-state index is -0.565. The lowest BCUT2D eigenvalue weighted by Crippen LogP contribution is -2.16. The fourth-order valence-electron chi connectivity index (χ4n) is 3.30. The van der Waals surface area contributed by atoms with E-state index in [-0.39, 0.29) is 11.1 Å². The second-order valence-electron chi connectivity index (χ2n) is 6.69. The lowest BCUT2D eigenvalue weighted by molar-refractivity contribution is 0.0599. The molecule has 30 heavy (non-hydrogen) atoms. The highest BCUT2D eigenvalue weighted by Gasteiger charge is 2.27. The maximum Gasteiger partial charge on any atom is 0.340 e. The summed E-state index contributed by atoms with van der Waals surface area (Å²) in [6.07, 6.45) is 0. The molecule has 0 bridgehead atoms. The summed E-state index contributed by atoms with van der Waals surface area (Å²) in [5.74, 6) is -0.460. The molecule has 0 N–H and O–H groups in total. The molecule has 3 aromatic rings. The highest BCUT2D eigenvalue weighted by Crippen LogP contribution is 2.33. The summed E-state index contributed by atoms with van der Waals surface area (Å²) >= 11 is 0. The van der Waals surface area contributed by atoms with E-state index >= 15 is 0 Å². The molecule has 1 heterocycles. The van der Waals surface area contributed by atoms with Crippen LogP contribution in [0.1, 0.15) is 37.7 Å². The van der Waals surface area contributed by atoms with Crippen LogP contribution in [-0.2, 0) is 16.1 Å². The van der Waals surface area contributed by atoms with Crippen LogP contribution in [-0.4, -0.2) is 31.1 Å². The third-order valence-electron chi connectivity index (χ3n) is 4.73. The second kappa shape index (κ2) is 9.22. The number of aromatic nitrogens is 1. The zero-order valence-corrected chi connectivity index (χ0v) is 17.4. The smallest absolute Gasteiger partial charge is 0.340 e. The van der Waals surface area contributed by atoms with Crippen LogP contribution in [0.5, 0.6) is 5.75 Å². The van der Waals surface area contributed by atoms with Gasteiger partial charge in [-0.2, -0.15) is 0 Å². The lowest BCUT2D eigenvalue weighted by Gasteiger charge is -2.17. The molecule has 0 fully saturated rings. The van der Waals surface area contributed by atoms with E-state index in [2.05, 4.69) is 4.98 Å². The predicted octanol–water partition coefficient (Wildman–Crippen LogP) is 4.52. The molecule has 6 nitrogen and oxygen atoms in total. The average Bonchev–Trinajstić information content (AvgIpc) is 2.77. The Balaban J connectivity index is 2.03. The van der Waals surface area contributed by atoms with Crippen molar-refractivity contribution in [2.75, 3.05) is 14.2 Å². The van der Waals surface area contributed by atoms with Gasteiger partial charge in [-0.1, -0.05) is 42.5 Å². The van der Waals surface area contributed by atoms with Gasteiger partial charge in [0.1, 0.15) is 12.4 Å². The van der Waals surface area contributed by atoms with Gasteiger partial charge in [-0.3, -0.25) is 4.98 Å². The first-order chi connectivity index (χ1) is 14.5. The number of nitrogens with zero attached hydrogens (tertiary/aromatic N) is 1. The van der Waals surface area contributed by atoms with Gasteiger partial charge < -0.3 is 14.2 Å². The van der Waals surface area contributed by atoms with Crippen molar-refractivity contribution in [3.05, 3.63) is 82.7 Å². The van der Waals surface area contributed by atoms with Crippen LogP contribution in [0.2, 0.25) is 0 Å². The van der Waals surface area contributed by atoms with E-state index in [1.165, 1.54) is 14.2 Å². The Morgan fingerprint density at radius 2 is 1.33 bits per heavy atom. The normalized spacial score (nSPS) is 10.4. The third kappa shape index (κ3) is 4.33. The van der Waals surface area contributed by atoms with Gasteiger partial charge in [0.15, 0.2) is 0 Å². The van der Waals surface area contributed by atoms with Gasteiger partial charge in [0.25, 0.3) is 0 Å². The summed E-state index contributed by atoms with van der Waals surface area (Å²) < 4.78 is 15.7. The maximum atomic E-state index is 12.5. The van der Waals surface area contributed by atoms with Gasteiger partial charge >= 0.3 is 11.9 Å². The number of benzene rings is 2. The van der Waals surface area contributed by atoms with E-state index in [0.29, 0.717) is 34.9 Å². The Kier molecular flexibility index (Phi) is 6.47. The molecule has 0 aliphatic rings. The largest absolute Gasteiger partial charge is 0.489 e. The van der Waals surface area contributed by atoms with E-state index in [9.17, 15) is 9.59 Å². The van der Waals surface area contributed by atoms with Gasteiger partial charge in [-0.15, -0.1) is 0 Å². The number of carbonyl (C=O) groups is 2. The van der Waals surface area contributed by atoms with Gasteiger partial charge in [-0.05, 0) is 37.1 Å². The average molecular weight is 405 g/mol. The van der Waals surface area contributed by atoms with Crippen LogP contribution in [0.25, 0.3) is 11.1 Å². The molecule has 0 aliphatic heterocycles. The summed E-state index contributed by atoms with van der Waals surface area (Å²) in [6, 6.07) is 17.0. The minimum Gasteiger partial charge on any atom is -0.489 e. The number of hydrogen-bond donors (Lipinski definition) is 0. The standard InChI is InChI=1S/C24H23NO5/c1-15-20(23(26)28-3)22(21(16(2)25-15)24(27)29-4)18-10-12-19(13-11-18)30-14-17-8-6-5-7-9-17/h5-13H,14H2,1-4H3. The molecule has 2 aromatic carbocycles. The van der Waals surface area contributed by atoms with Crippen molar-refractivity contribution in [3.8, 4) is 16.9 Å². The van der Waals surface area contributed by atoms with Gasteiger partial charge in [-0.25, -0.2) is 9.59 Å². The fourth-order valence-corrected chi connectivity index (χ4v) is 3.30. The van der Waals surface area contributed by atoms with Gasteiger partial charge in [0.2, 0.25) is 0 Å². The van der Waals surface area contributed by atoms with Crippen LogP contribution in [0.3, 0.4) is 0 Å². The molecule has 0 unspecified atom stereocenters. The molecule has 154 valence electrons. The number of esters is 2. The summed E-state index contributed by atoms with van der Waals surface area (Å²) in [6.45, 7) is 3.86. The molecular weight excluding hydrogens is 382 g/mol. The molecule has 0 saturated carbocycles. The van der Waals surface area contributed by atoms with Crippen LogP contribution >= 0.6 is 0 Å². The molecule has 6 heteroatoms. The predicted molar refractivity (Wildman–Crippen MR) is 113 cm³/mol. The van der Waals surface area contributed by atoms with Crippen LogP contribution in [0.15, 0.2) is 54.6 Å². The molecule has 0 saturated heterocycles. The summed E-state index contributed by atoms with van der Waals surface area (Å²) in [4.78, 5) is 29.3. The fraction of sp³-hybridized carbons (Fsp3) is 0.208. The van der Waals surface area contributed by atoms with E-state index in [0.717, 1.165) is 5.56 Å². The summed E-state index contributed by atoms with van der Waals surface area (Å²) in [5, 5.41) is 0. The van der Waals surface area contributed by atoms with Gasteiger partial charge in [0.05, 0.1) is 36.7 Å². The van der Waals surface area contributed by atoms with Crippen LogP contribution in [0, 0.1) is 13.8 Å². The minimum absolute atomic E-state index is 0.237. The molecule has 3 rings (SSSR count). The Morgan fingerprint density at radius 1 is 0.800 bits per heavy atom. The number of ether oxygens (including phenoxy) is 3. The Morgan fingerprint density at radius 3 is 1.83 bits per heavy atom. The number of pyridine rings is 1. The van der Waals surface area contributed by atoms with E-state index in [1.807, 2.05) is 30.3 Å². The first kappa shape index (κ1) is 21.0. The van der Waals surface area contributed by atoms with Crippen molar-refractivity contribution in [2.24, 2.45) is 0 Å². The quantitative estimate of drug-likeness (QED) is 0.562. The number of rotatable bonds is 6. The lowest BCUT2D eigenvalue weighted by atomic mass is 9.92. The molecule has 0 aliphatic carbocycles. The first-order valence-electron chi connectivity index (χ1n) is 9.41. The number of methoxy groups -OCH3 is 2. The molecule has 0 amide bonds. The van der Waals surface area contributed by atoms with E-state index in [4.69, 9.17) is 14.2 Å². The second-order valence-corrected chi connectivity index (χ2v) is 6.69. The number of aryl methyl sites for hydroxylation is 2. The van der Waals surface area contributed by atoms with Crippen molar-refractivity contribution in [1.29, 1.82) is 0 Å². The Bertz CT molecular complexity index is 1020. The van der Waals surface area contributed by atoms with Gasteiger partial charge in [0, 0.05) is 5.56 Å². The van der Waals surface area contributed by atoms with Crippen LogP contribution < -0.4 is 4.74 Å². The SMILES string of the molecule is COC(=O)c1c(C)nc(C)c(C(=O)OC)c1-c1ccc(OCc2ccccc2)cc1. The van der Waals surface area contributed by atoms with Crippen LogP contribution in [0.4, 0.5) is 0 Å². The van der Waals surface area contributed by atoms with E-state index < -0.39 is 11.9 Å². The van der Waals surface area contributed by atoms with Crippen molar-refractivity contribution in [3.63, 3.8) is 0 Å². The van der Waals surface area contributed by atoms with Crippen molar-refractivity contribution < 1.29 is 23.8 Å².